The minimum Gasteiger partial charge on any atom is -0.398 e. The summed E-state index contributed by atoms with van der Waals surface area (Å²) >= 11 is 0. The molecule has 1 atom stereocenters. The van der Waals surface area contributed by atoms with Gasteiger partial charge in [-0.05, 0) is 19.1 Å². The maximum Gasteiger partial charge on any atom is 0.250 e. The largest absolute Gasteiger partial charge is 0.398 e. The van der Waals surface area contributed by atoms with Crippen molar-refractivity contribution < 1.29 is 13.9 Å². The van der Waals surface area contributed by atoms with Crippen molar-refractivity contribution in [2.24, 2.45) is 5.73 Å². The van der Waals surface area contributed by atoms with Crippen LogP contribution in [0.4, 0.5) is 15.8 Å². The molecule has 98 valence electrons. The molecule has 2 rings (SSSR count). The highest BCUT2D eigenvalue weighted by molar-refractivity contribution is 5.99. The number of nitrogens with zero attached hydrogens (tertiary/aromatic N) is 1. The number of nitrogen functional groups attached to an aromatic ring is 1. The van der Waals surface area contributed by atoms with Crippen molar-refractivity contribution in [3.05, 3.63) is 23.5 Å². The van der Waals surface area contributed by atoms with E-state index in [2.05, 4.69) is 0 Å². The molecule has 0 aromatic heterocycles. The van der Waals surface area contributed by atoms with Gasteiger partial charge in [0.15, 0.2) is 0 Å². The van der Waals surface area contributed by atoms with Gasteiger partial charge in [0, 0.05) is 18.8 Å². The number of halogens is 1. The van der Waals surface area contributed by atoms with E-state index in [1.54, 1.807) is 0 Å². The Labute approximate surface area is 104 Å². The molecule has 4 N–H and O–H groups in total. The van der Waals surface area contributed by atoms with Crippen LogP contribution >= 0.6 is 0 Å². The molecule has 1 aliphatic rings. The van der Waals surface area contributed by atoms with E-state index in [4.69, 9.17) is 16.2 Å². The molecular weight excluding hydrogens is 237 g/mol. The lowest BCUT2D eigenvalue weighted by atomic mass is 10.1. The highest BCUT2D eigenvalue weighted by Gasteiger charge is 2.21. The number of nitrogens with two attached hydrogens (primary N) is 2. The van der Waals surface area contributed by atoms with Crippen LogP contribution in [0.5, 0.6) is 0 Å². The molecule has 0 spiro atoms. The molecule has 1 saturated heterocycles. The van der Waals surface area contributed by atoms with E-state index in [0.717, 1.165) is 6.07 Å². The molecular formula is C12H16FN3O2. The Morgan fingerprint density at radius 3 is 2.89 bits per heavy atom. The van der Waals surface area contributed by atoms with Crippen LogP contribution in [0.3, 0.4) is 0 Å². The average Bonchev–Trinajstić information content (AvgIpc) is 2.28. The molecule has 6 heteroatoms. The van der Waals surface area contributed by atoms with Crippen molar-refractivity contribution in [1.82, 2.24) is 0 Å². The fourth-order valence-electron chi connectivity index (χ4n) is 2.07. The SMILES string of the molecule is CC1CN(c2cc(C(N)=O)c(N)cc2F)CCO1. The first kappa shape index (κ1) is 12.6. The van der Waals surface area contributed by atoms with Crippen LogP contribution < -0.4 is 16.4 Å². The van der Waals surface area contributed by atoms with Gasteiger partial charge in [-0.1, -0.05) is 0 Å². The van der Waals surface area contributed by atoms with E-state index >= 15 is 0 Å². The lowest BCUT2D eigenvalue weighted by Gasteiger charge is -2.33. The number of rotatable bonds is 2. The Bertz CT molecular complexity index is 479. The van der Waals surface area contributed by atoms with Gasteiger partial charge < -0.3 is 21.1 Å². The molecule has 1 fully saturated rings. The van der Waals surface area contributed by atoms with Gasteiger partial charge in [0.05, 0.1) is 24.0 Å². The number of carbonyl (C=O) groups is 1. The zero-order valence-corrected chi connectivity index (χ0v) is 10.1. The summed E-state index contributed by atoms with van der Waals surface area (Å²) in [5.74, 6) is -1.11. The fourth-order valence-corrected chi connectivity index (χ4v) is 2.07. The molecule has 1 aliphatic heterocycles. The van der Waals surface area contributed by atoms with Crippen molar-refractivity contribution >= 4 is 17.3 Å². The second kappa shape index (κ2) is 4.81. The highest BCUT2D eigenvalue weighted by atomic mass is 19.1. The first-order valence-electron chi connectivity index (χ1n) is 5.74. The Hall–Kier alpha value is -1.82. The molecule has 1 aromatic rings. The Morgan fingerprint density at radius 2 is 2.28 bits per heavy atom. The molecule has 0 radical (unpaired) electrons. The van der Waals surface area contributed by atoms with Gasteiger partial charge in [-0.15, -0.1) is 0 Å². The van der Waals surface area contributed by atoms with Gasteiger partial charge in [-0.2, -0.15) is 0 Å². The number of carbonyl (C=O) groups excluding carboxylic acids is 1. The number of primary amides is 1. The summed E-state index contributed by atoms with van der Waals surface area (Å²) in [5, 5.41) is 0. The topological polar surface area (TPSA) is 81.6 Å². The van der Waals surface area contributed by atoms with Crippen LogP contribution in [0.2, 0.25) is 0 Å². The summed E-state index contributed by atoms with van der Waals surface area (Å²) in [5.41, 5.74) is 11.3. The second-order valence-electron chi connectivity index (χ2n) is 4.38. The van der Waals surface area contributed by atoms with E-state index in [-0.39, 0.29) is 17.4 Å². The first-order chi connectivity index (χ1) is 8.49. The average molecular weight is 253 g/mol. The van der Waals surface area contributed by atoms with E-state index in [1.165, 1.54) is 6.07 Å². The smallest absolute Gasteiger partial charge is 0.250 e. The molecule has 0 bridgehead atoms. The third-order valence-corrected chi connectivity index (χ3v) is 2.97. The van der Waals surface area contributed by atoms with Crippen molar-refractivity contribution in [3.63, 3.8) is 0 Å². The van der Waals surface area contributed by atoms with Crippen LogP contribution in [-0.2, 0) is 4.74 Å². The standard InChI is InChI=1S/C12H16FN3O2/c1-7-6-16(2-3-18-7)11-4-8(12(15)17)10(14)5-9(11)13/h4-5,7H,2-3,6,14H2,1H3,(H2,15,17). The van der Waals surface area contributed by atoms with Gasteiger partial charge in [0.2, 0.25) is 0 Å². The molecule has 1 heterocycles. The minimum atomic E-state index is -0.657. The fraction of sp³-hybridized carbons (Fsp3) is 0.417. The summed E-state index contributed by atoms with van der Waals surface area (Å²) in [4.78, 5) is 13.0. The molecule has 18 heavy (non-hydrogen) atoms. The summed E-state index contributed by atoms with van der Waals surface area (Å²) in [6, 6.07) is 2.54. The maximum atomic E-state index is 13.9. The van der Waals surface area contributed by atoms with Crippen molar-refractivity contribution in [3.8, 4) is 0 Å². The van der Waals surface area contributed by atoms with E-state index in [1.807, 2.05) is 11.8 Å². The van der Waals surface area contributed by atoms with Crippen LogP contribution in [0.25, 0.3) is 0 Å². The normalized spacial score (nSPS) is 19.9. The molecule has 0 aliphatic carbocycles. The van der Waals surface area contributed by atoms with E-state index in [9.17, 15) is 9.18 Å². The minimum absolute atomic E-state index is 0.0210. The monoisotopic (exact) mass is 253 g/mol. The number of amides is 1. The lowest BCUT2D eigenvalue weighted by molar-refractivity contribution is 0.0530. The number of benzene rings is 1. The van der Waals surface area contributed by atoms with Crippen molar-refractivity contribution in [2.75, 3.05) is 30.3 Å². The van der Waals surface area contributed by atoms with Crippen molar-refractivity contribution in [1.29, 1.82) is 0 Å². The maximum absolute atomic E-state index is 13.9. The third-order valence-electron chi connectivity index (χ3n) is 2.97. The van der Waals surface area contributed by atoms with Crippen LogP contribution in [0, 0.1) is 5.82 Å². The number of ether oxygens (including phenoxy) is 1. The Morgan fingerprint density at radius 1 is 1.56 bits per heavy atom. The predicted octanol–water partition coefficient (Wildman–Crippen LogP) is 0.732. The van der Waals surface area contributed by atoms with Crippen molar-refractivity contribution in [2.45, 2.75) is 13.0 Å². The summed E-state index contributed by atoms with van der Waals surface area (Å²) in [6.45, 7) is 3.58. The third kappa shape index (κ3) is 2.38. The predicted molar refractivity (Wildman–Crippen MR) is 67.0 cm³/mol. The van der Waals surface area contributed by atoms with Crippen LogP contribution in [0.15, 0.2) is 12.1 Å². The number of hydrogen-bond donors (Lipinski definition) is 2. The molecule has 1 unspecified atom stereocenters. The zero-order chi connectivity index (χ0) is 13.3. The van der Waals surface area contributed by atoms with Gasteiger partial charge in [-0.25, -0.2) is 4.39 Å². The molecule has 0 saturated carbocycles. The van der Waals surface area contributed by atoms with Gasteiger partial charge in [0.25, 0.3) is 5.91 Å². The lowest BCUT2D eigenvalue weighted by Crippen LogP contribution is -2.41. The highest BCUT2D eigenvalue weighted by Crippen LogP contribution is 2.26. The van der Waals surface area contributed by atoms with E-state index in [0.29, 0.717) is 25.4 Å². The quantitative estimate of drug-likeness (QED) is 0.761. The second-order valence-corrected chi connectivity index (χ2v) is 4.38. The number of anilines is 2. The van der Waals surface area contributed by atoms with Gasteiger partial charge >= 0.3 is 0 Å². The zero-order valence-electron chi connectivity index (χ0n) is 10.1. The van der Waals surface area contributed by atoms with Crippen LogP contribution in [-0.4, -0.2) is 31.7 Å². The van der Waals surface area contributed by atoms with Gasteiger partial charge in [0.1, 0.15) is 5.82 Å². The van der Waals surface area contributed by atoms with E-state index < -0.39 is 11.7 Å². The van der Waals surface area contributed by atoms with Gasteiger partial charge in [-0.3, -0.25) is 4.79 Å². The molecule has 1 amide bonds. The first-order valence-corrected chi connectivity index (χ1v) is 5.74. The van der Waals surface area contributed by atoms with Crippen LogP contribution in [0.1, 0.15) is 17.3 Å². The Balaban J connectivity index is 2.37. The number of morpholine rings is 1. The summed E-state index contributed by atoms with van der Waals surface area (Å²) < 4.78 is 19.3. The summed E-state index contributed by atoms with van der Waals surface area (Å²) in [6.07, 6.45) is 0.0210. The summed E-state index contributed by atoms with van der Waals surface area (Å²) in [7, 11) is 0. The molecule has 1 aromatic carbocycles. The Kier molecular flexibility index (Phi) is 3.38. The number of hydrogen-bond acceptors (Lipinski definition) is 4. The molecule has 5 nitrogen and oxygen atoms in total.